The molecule has 6 heteroatoms. The van der Waals surface area contributed by atoms with E-state index in [9.17, 15) is 4.79 Å². The first kappa shape index (κ1) is 16.0. The predicted molar refractivity (Wildman–Crippen MR) is 86.6 cm³/mol. The van der Waals surface area contributed by atoms with E-state index in [4.69, 9.17) is 0 Å². The van der Waals surface area contributed by atoms with Crippen LogP contribution in [-0.4, -0.2) is 40.3 Å². The van der Waals surface area contributed by atoms with Gasteiger partial charge in [-0.05, 0) is 25.5 Å². The lowest BCUT2D eigenvalue weighted by Crippen LogP contribution is -2.40. The summed E-state index contributed by atoms with van der Waals surface area (Å²) in [5, 5.41) is 7.05. The average Bonchev–Trinajstić information content (AvgIpc) is 3.01. The summed E-state index contributed by atoms with van der Waals surface area (Å²) in [6.45, 7) is 3.51. The fourth-order valence-corrected chi connectivity index (χ4v) is 2.34. The summed E-state index contributed by atoms with van der Waals surface area (Å²) in [5.74, 6) is 0.0778. The predicted octanol–water partition coefficient (Wildman–Crippen LogP) is 1.70. The molecule has 0 saturated carbocycles. The number of carbonyl (C=O) groups excluding carboxylic acids is 1. The highest BCUT2D eigenvalue weighted by atomic mass is 16.1. The Balaban J connectivity index is 1.67. The molecule has 1 heterocycles. The fraction of sp³-hybridized carbons (Fsp3) is 0.438. The van der Waals surface area contributed by atoms with Crippen LogP contribution < -0.4 is 10.2 Å². The first-order chi connectivity index (χ1) is 10.6. The Morgan fingerprint density at radius 2 is 2.14 bits per heavy atom. The molecule has 0 fully saturated rings. The third-order valence-electron chi connectivity index (χ3n) is 3.41. The first-order valence-corrected chi connectivity index (χ1v) is 7.53. The molecule has 118 valence electrons. The molecular weight excluding hydrogens is 278 g/mol. The number of amides is 1. The van der Waals surface area contributed by atoms with Crippen LogP contribution in [0, 0.1) is 0 Å². The summed E-state index contributed by atoms with van der Waals surface area (Å²) in [7, 11) is 2.03. The number of benzene rings is 1. The highest BCUT2D eigenvalue weighted by Crippen LogP contribution is 2.11. The van der Waals surface area contributed by atoms with Gasteiger partial charge in [-0.1, -0.05) is 18.2 Å². The van der Waals surface area contributed by atoms with Gasteiger partial charge in [-0.25, -0.2) is 4.98 Å². The maximum atomic E-state index is 11.9. The van der Waals surface area contributed by atoms with Gasteiger partial charge in [0.25, 0.3) is 0 Å². The number of nitrogens with one attached hydrogen (secondary N) is 1. The smallest absolute Gasteiger partial charge is 0.220 e. The molecule has 6 nitrogen and oxygen atoms in total. The van der Waals surface area contributed by atoms with Crippen LogP contribution in [0.5, 0.6) is 0 Å². The molecule has 2 aromatic rings. The van der Waals surface area contributed by atoms with Crippen molar-refractivity contribution in [2.24, 2.45) is 0 Å². The normalized spacial score (nSPS) is 11.9. The van der Waals surface area contributed by atoms with E-state index < -0.39 is 0 Å². The summed E-state index contributed by atoms with van der Waals surface area (Å²) >= 11 is 0. The van der Waals surface area contributed by atoms with Crippen molar-refractivity contribution in [3.8, 4) is 0 Å². The van der Waals surface area contributed by atoms with Crippen molar-refractivity contribution in [2.75, 3.05) is 18.5 Å². The van der Waals surface area contributed by atoms with Crippen LogP contribution in [0.25, 0.3) is 0 Å². The number of carbonyl (C=O) groups is 1. The van der Waals surface area contributed by atoms with Crippen molar-refractivity contribution in [1.29, 1.82) is 0 Å². The molecule has 0 unspecified atom stereocenters. The number of para-hydroxylation sites is 1. The highest BCUT2D eigenvalue weighted by molar-refractivity contribution is 5.76. The van der Waals surface area contributed by atoms with E-state index in [1.54, 1.807) is 11.0 Å². The van der Waals surface area contributed by atoms with Gasteiger partial charge < -0.3 is 10.2 Å². The summed E-state index contributed by atoms with van der Waals surface area (Å²) in [6, 6.07) is 10.2. The van der Waals surface area contributed by atoms with Crippen LogP contribution in [0.1, 0.15) is 19.8 Å². The first-order valence-electron chi connectivity index (χ1n) is 7.53. The number of nitrogens with zero attached hydrogens (tertiary/aromatic N) is 4. The van der Waals surface area contributed by atoms with E-state index >= 15 is 0 Å². The van der Waals surface area contributed by atoms with E-state index in [0.29, 0.717) is 13.0 Å². The molecule has 0 saturated heterocycles. The standard InChI is InChI=1S/C16H23N5O/c1-14(11-20(2)15-7-4-3-5-8-15)19-16(22)9-6-10-21-13-17-12-18-21/h3-5,7-8,12-14H,6,9-11H2,1-2H3,(H,19,22)/t14-/m0/s1. The minimum atomic E-state index is 0.0778. The van der Waals surface area contributed by atoms with Gasteiger partial charge in [0, 0.05) is 38.3 Å². The van der Waals surface area contributed by atoms with Gasteiger partial charge in [0.1, 0.15) is 12.7 Å². The van der Waals surface area contributed by atoms with Crippen molar-refractivity contribution in [1.82, 2.24) is 20.1 Å². The highest BCUT2D eigenvalue weighted by Gasteiger charge is 2.10. The molecule has 2 rings (SSSR count). The van der Waals surface area contributed by atoms with Crippen LogP contribution >= 0.6 is 0 Å². The van der Waals surface area contributed by atoms with Gasteiger partial charge in [0.2, 0.25) is 5.91 Å². The minimum Gasteiger partial charge on any atom is -0.373 e. The Morgan fingerprint density at radius 3 is 2.82 bits per heavy atom. The number of hydrogen-bond acceptors (Lipinski definition) is 4. The lowest BCUT2D eigenvalue weighted by molar-refractivity contribution is -0.121. The second kappa shape index (κ2) is 8.17. The Morgan fingerprint density at radius 1 is 1.36 bits per heavy atom. The molecule has 1 aromatic carbocycles. The van der Waals surface area contributed by atoms with Crippen LogP contribution in [0.15, 0.2) is 43.0 Å². The fourth-order valence-electron chi connectivity index (χ4n) is 2.34. The summed E-state index contributed by atoms with van der Waals surface area (Å²) in [5.41, 5.74) is 1.15. The number of rotatable bonds is 8. The number of aromatic nitrogens is 3. The average molecular weight is 301 g/mol. The van der Waals surface area contributed by atoms with Gasteiger partial charge in [0.15, 0.2) is 0 Å². The monoisotopic (exact) mass is 301 g/mol. The second-order valence-corrected chi connectivity index (χ2v) is 5.45. The zero-order valence-corrected chi connectivity index (χ0v) is 13.1. The third kappa shape index (κ3) is 5.20. The zero-order chi connectivity index (χ0) is 15.8. The molecule has 0 bridgehead atoms. The van der Waals surface area contributed by atoms with Gasteiger partial charge in [-0.3, -0.25) is 9.48 Å². The topological polar surface area (TPSA) is 63.1 Å². The lowest BCUT2D eigenvalue weighted by atomic mass is 10.2. The van der Waals surface area contributed by atoms with Gasteiger partial charge in [-0.2, -0.15) is 5.10 Å². The Bertz CT molecular complexity index is 555. The van der Waals surface area contributed by atoms with Crippen molar-refractivity contribution in [3.63, 3.8) is 0 Å². The number of likely N-dealkylation sites (N-methyl/N-ethyl adjacent to an activating group) is 1. The van der Waals surface area contributed by atoms with Crippen LogP contribution in [0.2, 0.25) is 0 Å². The van der Waals surface area contributed by atoms with Gasteiger partial charge >= 0.3 is 0 Å². The maximum absolute atomic E-state index is 11.9. The van der Waals surface area contributed by atoms with Crippen LogP contribution in [-0.2, 0) is 11.3 Å². The molecule has 22 heavy (non-hydrogen) atoms. The van der Waals surface area contributed by atoms with Crippen LogP contribution in [0.4, 0.5) is 5.69 Å². The summed E-state index contributed by atoms with van der Waals surface area (Å²) < 4.78 is 1.74. The molecule has 0 aliphatic heterocycles. The minimum absolute atomic E-state index is 0.0778. The van der Waals surface area contributed by atoms with Crippen molar-refractivity contribution in [2.45, 2.75) is 32.4 Å². The Labute approximate surface area is 131 Å². The Hall–Kier alpha value is -2.37. The van der Waals surface area contributed by atoms with Gasteiger partial charge in [0.05, 0.1) is 0 Å². The SMILES string of the molecule is C[C@@H](CN(C)c1ccccc1)NC(=O)CCCn1cncn1. The molecule has 1 aromatic heterocycles. The molecule has 0 aliphatic rings. The van der Waals surface area contributed by atoms with Crippen molar-refractivity contribution >= 4 is 11.6 Å². The zero-order valence-electron chi connectivity index (χ0n) is 13.1. The van der Waals surface area contributed by atoms with Crippen LogP contribution in [0.3, 0.4) is 0 Å². The summed E-state index contributed by atoms with van der Waals surface area (Å²) in [4.78, 5) is 17.9. The Kier molecular flexibility index (Phi) is 5.94. The summed E-state index contributed by atoms with van der Waals surface area (Å²) in [6.07, 6.45) is 4.42. The molecule has 1 atom stereocenters. The molecular formula is C16H23N5O. The number of hydrogen-bond donors (Lipinski definition) is 1. The van der Waals surface area contributed by atoms with Gasteiger partial charge in [-0.15, -0.1) is 0 Å². The van der Waals surface area contributed by atoms with E-state index in [1.165, 1.54) is 6.33 Å². The van der Waals surface area contributed by atoms with Crippen molar-refractivity contribution in [3.05, 3.63) is 43.0 Å². The number of anilines is 1. The molecule has 0 aliphatic carbocycles. The van der Waals surface area contributed by atoms with E-state index in [1.807, 2.05) is 32.2 Å². The number of aryl methyl sites for hydroxylation is 1. The molecule has 0 radical (unpaired) electrons. The third-order valence-corrected chi connectivity index (χ3v) is 3.41. The van der Waals surface area contributed by atoms with E-state index in [-0.39, 0.29) is 11.9 Å². The maximum Gasteiger partial charge on any atom is 0.220 e. The largest absolute Gasteiger partial charge is 0.373 e. The molecule has 1 N–H and O–H groups in total. The second-order valence-electron chi connectivity index (χ2n) is 5.45. The quantitative estimate of drug-likeness (QED) is 0.806. The van der Waals surface area contributed by atoms with Crippen molar-refractivity contribution < 1.29 is 4.79 Å². The molecule has 1 amide bonds. The van der Waals surface area contributed by atoms with E-state index in [2.05, 4.69) is 32.4 Å². The lowest BCUT2D eigenvalue weighted by Gasteiger charge is -2.24. The molecule has 0 spiro atoms. The van der Waals surface area contributed by atoms with E-state index in [0.717, 1.165) is 18.7 Å².